The first kappa shape index (κ1) is 23.4. The summed E-state index contributed by atoms with van der Waals surface area (Å²) in [7, 11) is 0. The first-order chi connectivity index (χ1) is 16.2. The Hall–Kier alpha value is -3.80. The van der Waals surface area contributed by atoms with Crippen molar-refractivity contribution in [2.45, 2.75) is 32.4 Å². The number of aromatic nitrogens is 1. The summed E-state index contributed by atoms with van der Waals surface area (Å²) in [5.74, 6) is -4.83. The van der Waals surface area contributed by atoms with E-state index in [1.165, 1.54) is 11.8 Å². The molecule has 2 aliphatic heterocycles. The molecule has 2 aromatic rings. The van der Waals surface area contributed by atoms with Gasteiger partial charge in [0.2, 0.25) is 11.3 Å². The normalized spacial score (nSPS) is 17.6. The maximum absolute atomic E-state index is 13.8. The standard InChI is InChI=1S/C22H22F2N4O6/c1-12(29)28-11-26(9-15-3-2-6-34-15)22(33)18-20(31)19(30)16(10-27(18)28)21(32)25-8-13-4-5-14(23)7-17(13)24/h4-5,7,10,15,31H,2-3,6,8-9,11H2,1H3,(H,25,32)/t15-/m0/s1. The van der Waals surface area contributed by atoms with Crippen LogP contribution in [0.2, 0.25) is 0 Å². The van der Waals surface area contributed by atoms with Crippen molar-refractivity contribution in [1.82, 2.24) is 14.9 Å². The lowest BCUT2D eigenvalue weighted by atomic mass is 10.1. The van der Waals surface area contributed by atoms with E-state index in [1.807, 2.05) is 0 Å². The number of pyridine rings is 1. The van der Waals surface area contributed by atoms with Crippen LogP contribution in [-0.2, 0) is 16.1 Å². The number of nitrogens with zero attached hydrogens (tertiary/aromatic N) is 3. The zero-order chi connectivity index (χ0) is 24.6. The number of hydrogen-bond acceptors (Lipinski definition) is 6. The second-order valence-electron chi connectivity index (χ2n) is 8.05. The largest absolute Gasteiger partial charge is 0.502 e. The van der Waals surface area contributed by atoms with Crippen molar-refractivity contribution >= 4 is 17.7 Å². The number of aromatic hydroxyl groups is 1. The number of nitrogens with one attached hydrogen (secondary N) is 1. The molecule has 1 fully saturated rings. The Kier molecular flexibility index (Phi) is 6.33. The predicted molar refractivity (Wildman–Crippen MR) is 114 cm³/mol. The predicted octanol–water partition coefficient (Wildman–Crippen LogP) is 0.839. The third-order valence-corrected chi connectivity index (χ3v) is 5.73. The number of ether oxygens (including phenoxy) is 1. The summed E-state index contributed by atoms with van der Waals surface area (Å²) in [5.41, 5.74) is -2.16. The number of halogens is 2. The summed E-state index contributed by atoms with van der Waals surface area (Å²) in [6, 6.07) is 2.81. The average molecular weight is 476 g/mol. The molecule has 2 N–H and O–H groups in total. The summed E-state index contributed by atoms with van der Waals surface area (Å²) < 4.78 is 33.4. The van der Waals surface area contributed by atoms with E-state index >= 15 is 0 Å². The molecule has 1 atom stereocenters. The summed E-state index contributed by atoms with van der Waals surface area (Å²) in [5, 5.41) is 14.0. The van der Waals surface area contributed by atoms with Gasteiger partial charge in [0, 0.05) is 44.4 Å². The molecule has 12 heteroatoms. The van der Waals surface area contributed by atoms with Gasteiger partial charge in [-0.25, -0.2) is 18.5 Å². The molecule has 1 aromatic carbocycles. The maximum atomic E-state index is 13.8. The second kappa shape index (κ2) is 9.21. The van der Waals surface area contributed by atoms with Gasteiger partial charge in [-0.1, -0.05) is 6.07 Å². The zero-order valence-electron chi connectivity index (χ0n) is 18.2. The van der Waals surface area contributed by atoms with E-state index in [9.17, 15) is 33.1 Å². The Bertz CT molecular complexity index is 1220. The minimum atomic E-state index is -1.13. The van der Waals surface area contributed by atoms with Crippen molar-refractivity contribution in [2.24, 2.45) is 0 Å². The van der Waals surface area contributed by atoms with Crippen LogP contribution in [0, 0.1) is 11.6 Å². The van der Waals surface area contributed by atoms with Crippen LogP contribution in [0.3, 0.4) is 0 Å². The minimum absolute atomic E-state index is 0.0256. The number of carbonyl (C=O) groups is 3. The summed E-state index contributed by atoms with van der Waals surface area (Å²) in [6.07, 6.45) is 2.33. The second-order valence-corrected chi connectivity index (χ2v) is 8.05. The summed E-state index contributed by atoms with van der Waals surface area (Å²) in [6.45, 7) is 1.42. The van der Waals surface area contributed by atoms with Gasteiger partial charge in [-0.05, 0) is 18.9 Å². The number of carbonyl (C=O) groups excluding carboxylic acids is 3. The smallest absolute Gasteiger partial charge is 0.278 e. The molecule has 3 amide bonds. The monoisotopic (exact) mass is 476 g/mol. The van der Waals surface area contributed by atoms with Crippen molar-refractivity contribution in [3.63, 3.8) is 0 Å². The zero-order valence-corrected chi connectivity index (χ0v) is 18.2. The summed E-state index contributed by atoms with van der Waals surface area (Å²) in [4.78, 5) is 52.0. The number of hydrogen-bond donors (Lipinski definition) is 2. The van der Waals surface area contributed by atoms with E-state index in [0.29, 0.717) is 12.7 Å². The van der Waals surface area contributed by atoms with Gasteiger partial charge >= 0.3 is 0 Å². The molecular weight excluding hydrogens is 454 g/mol. The topological polar surface area (TPSA) is 121 Å². The Morgan fingerprint density at radius 2 is 2.03 bits per heavy atom. The molecule has 0 aliphatic carbocycles. The molecule has 0 unspecified atom stereocenters. The van der Waals surface area contributed by atoms with Crippen LogP contribution in [0.5, 0.6) is 5.75 Å². The van der Waals surface area contributed by atoms with Crippen molar-refractivity contribution in [2.75, 3.05) is 24.8 Å². The molecule has 0 spiro atoms. The highest BCUT2D eigenvalue weighted by Crippen LogP contribution is 2.23. The number of fused-ring (bicyclic) bond motifs is 1. The molecule has 3 heterocycles. The first-order valence-corrected chi connectivity index (χ1v) is 10.6. The Morgan fingerprint density at radius 3 is 2.68 bits per heavy atom. The molecular formula is C22H22F2N4O6. The summed E-state index contributed by atoms with van der Waals surface area (Å²) >= 11 is 0. The third-order valence-electron chi connectivity index (χ3n) is 5.73. The molecule has 0 bridgehead atoms. The van der Waals surface area contributed by atoms with Crippen molar-refractivity contribution in [3.8, 4) is 5.75 Å². The van der Waals surface area contributed by atoms with Crippen LogP contribution in [0.1, 0.15) is 46.2 Å². The van der Waals surface area contributed by atoms with E-state index in [0.717, 1.165) is 40.9 Å². The van der Waals surface area contributed by atoms with E-state index < -0.39 is 51.8 Å². The third kappa shape index (κ3) is 4.36. The Balaban J connectivity index is 1.64. The first-order valence-electron chi connectivity index (χ1n) is 10.6. The minimum Gasteiger partial charge on any atom is -0.502 e. The van der Waals surface area contributed by atoms with Crippen LogP contribution in [0.15, 0.2) is 29.2 Å². The van der Waals surface area contributed by atoms with Gasteiger partial charge in [0.1, 0.15) is 23.9 Å². The molecule has 34 heavy (non-hydrogen) atoms. The van der Waals surface area contributed by atoms with Crippen molar-refractivity contribution in [3.05, 3.63) is 63.1 Å². The van der Waals surface area contributed by atoms with Crippen LogP contribution in [0.4, 0.5) is 8.78 Å². The fourth-order valence-electron chi connectivity index (χ4n) is 3.95. The molecule has 2 aliphatic rings. The van der Waals surface area contributed by atoms with Crippen LogP contribution in [0.25, 0.3) is 0 Å². The van der Waals surface area contributed by atoms with Gasteiger partial charge < -0.3 is 20.1 Å². The fourth-order valence-corrected chi connectivity index (χ4v) is 3.95. The molecule has 0 saturated carbocycles. The van der Waals surface area contributed by atoms with Gasteiger partial charge in [0.15, 0.2) is 11.4 Å². The highest BCUT2D eigenvalue weighted by Gasteiger charge is 2.37. The lowest BCUT2D eigenvalue weighted by Crippen LogP contribution is -2.57. The van der Waals surface area contributed by atoms with E-state index in [-0.39, 0.29) is 31.4 Å². The maximum Gasteiger partial charge on any atom is 0.278 e. The van der Waals surface area contributed by atoms with Gasteiger partial charge in [-0.2, -0.15) is 0 Å². The molecule has 4 rings (SSSR count). The SMILES string of the molecule is CC(=O)N1CN(C[C@@H]2CCCO2)C(=O)c2c(O)c(=O)c(C(=O)NCc3ccc(F)cc3F)cn21. The highest BCUT2D eigenvalue weighted by atomic mass is 19.1. The van der Waals surface area contributed by atoms with Crippen molar-refractivity contribution in [1.29, 1.82) is 0 Å². The molecule has 10 nitrogen and oxygen atoms in total. The van der Waals surface area contributed by atoms with Gasteiger partial charge in [0.25, 0.3) is 11.8 Å². The van der Waals surface area contributed by atoms with Crippen LogP contribution in [-0.4, -0.2) is 58.3 Å². The number of rotatable bonds is 5. The molecule has 0 radical (unpaired) electrons. The molecule has 1 aromatic heterocycles. The number of benzene rings is 1. The highest BCUT2D eigenvalue weighted by molar-refractivity contribution is 6.01. The van der Waals surface area contributed by atoms with Crippen molar-refractivity contribution < 1.29 is 33.0 Å². The molecule has 180 valence electrons. The van der Waals surface area contributed by atoms with Gasteiger partial charge in [-0.3, -0.25) is 19.2 Å². The average Bonchev–Trinajstić information content (AvgIpc) is 3.29. The molecule has 1 saturated heterocycles. The fraction of sp³-hybridized carbons (Fsp3) is 0.364. The van der Waals surface area contributed by atoms with Gasteiger partial charge in [0.05, 0.1) is 6.10 Å². The Labute approximate surface area is 192 Å². The van der Waals surface area contributed by atoms with Crippen LogP contribution < -0.4 is 15.8 Å². The van der Waals surface area contributed by atoms with Crippen LogP contribution >= 0.6 is 0 Å². The quantitative estimate of drug-likeness (QED) is 0.660. The lowest BCUT2D eigenvalue weighted by molar-refractivity contribution is -0.118. The van der Waals surface area contributed by atoms with Gasteiger partial charge in [-0.15, -0.1) is 0 Å². The van der Waals surface area contributed by atoms with E-state index in [4.69, 9.17) is 4.74 Å². The van der Waals surface area contributed by atoms with E-state index in [2.05, 4.69) is 5.32 Å². The number of amides is 3. The van der Waals surface area contributed by atoms with E-state index in [1.54, 1.807) is 0 Å². The lowest BCUT2D eigenvalue weighted by Gasteiger charge is -2.38. The Morgan fingerprint density at radius 1 is 1.26 bits per heavy atom.